The molecule has 0 bridgehead atoms. The SMILES string of the molecule is CCCCCCCCNC(=O)C[C@H](CCCCNC(=O)COCCOCCNC(=O)CCC(C)[C@H]1CCC2C3CCC4C[C@H](O)CC[C@]4(C)C3CC[C@@]21C)NC(=O)CCCNC(=O)COCCOCCNC(=O)CCC(C)[C@H]1CCC2C3CCC4C[C@H](O)CC[C@]4(C)C3CC[C@@]21C. The van der Waals surface area contributed by atoms with Gasteiger partial charge in [-0.2, -0.15) is 0 Å². The van der Waals surface area contributed by atoms with Crippen molar-refractivity contribution < 1.29 is 57.9 Å². The second-order valence-electron chi connectivity index (χ2n) is 33.6. The van der Waals surface area contributed by atoms with Crippen LogP contribution in [0.3, 0.4) is 0 Å². The molecule has 6 amide bonds. The highest BCUT2D eigenvalue weighted by Crippen LogP contribution is 2.70. The number of aliphatic hydroxyl groups is 2. The number of amides is 6. The van der Waals surface area contributed by atoms with Crippen LogP contribution in [-0.4, -0.2) is 149 Å². The van der Waals surface area contributed by atoms with Crippen LogP contribution < -0.4 is 31.9 Å². The Balaban J connectivity index is 0.605. The van der Waals surface area contributed by atoms with Gasteiger partial charge in [0, 0.05) is 64.4 Å². The van der Waals surface area contributed by atoms with Crippen LogP contribution in [0.2, 0.25) is 0 Å². The van der Waals surface area contributed by atoms with Gasteiger partial charge in [0.15, 0.2) is 0 Å². The number of aliphatic hydroxyl groups excluding tert-OH is 2. The van der Waals surface area contributed by atoms with Crippen LogP contribution in [-0.2, 0) is 47.7 Å². The smallest absolute Gasteiger partial charge is 0.245 e. The molecule has 8 saturated carbocycles. The van der Waals surface area contributed by atoms with Gasteiger partial charge in [0.1, 0.15) is 13.2 Å². The van der Waals surface area contributed by atoms with E-state index in [0.29, 0.717) is 155 Å². The van der Waals surface area contributed by atoms with Crippen molar-refractivity contribution in [3.63, 3.8) is 0 Å². The van der Waals surface area contributed by atoms with E-state index < -0.39 is 0 Å². The van der Waals surface area contributed by atoms with Gasteiger partial charge in [-0.3, -0.25) is 28.8 Å². The summed E-state index contributed by atoms with van der Waals surface area (Å²) >= 11 is 0. The van der Waals surface area contributed by atoms with Crippen LogP contribution in [0.5, 0.6) is 0 Å². The molecule has 8 aliphatic carbocycles. The molecule has 556 valence electrons. The third kappa shape index (κ3) is 22.3. The number of ether oxygens (including phenoxy) is 4. The lowest BCUT2D eigenvalue weighted by molar-refractivity contribution is -0.130. The molecule has 0 aromatic carbocycles. The normalized spacial score (nSPS) is 33.5. The Morgan fingerprint density at radius 1 is 0.402 bits per heavy atom. The highest BCUT2D eigenvalue weighted by Gasteiger charge is 2.62. The van der Waals surface area contributed by atoms with Gasteiger partial charge >= 0.3 is 0 Å². The molecule has 0 aromatic heterocycles. The van der Waals surface area contributed by atoms with Crippen LogP contribution >= 0.6 is 0 Å². The summed E-state index contributed by atoms with van der Waals surface area (Å²) in [6.45, 7) is 21.1. The number of carbonyl (C=O) groups is 6. The topological polar surface area (TPSA) is 252 Å². The monoisotopic (exact) mass is 1360 g/mol. The first-order chi connectivity index (χ1) is 46.7. The minimum atomic E-state index is -0.372. The van der Waals surface area contributed by atoms with Crippen LogP contribution in [0.1, 0.15) is 267 Å². The Hall–Kier alpha value is -3.42. The van der Waals surface area contributed by atoms with Crippen molar-refractivity contribution >= 4 is 35.4 Å². The molecule has 0 saturated heterocycles. The molecule has 0 radical (unpaired) electrons. The summed E-state index contributed by atoms with van der Waals surface area (Å²) in [7, 11) is 0. The number of hydrogen-bond acceptors (Lipinski definition) is 12. The van der Waals surface area contributed by atoms with E-state index in [1.165, 1.54) is 109 Å². The first-order valence-electron chi connectivity index (χ1n) is 40.0. The molecule has 18 nitrogen and oxygen atoms in total. The summed E-state index contributed by atoms with van der Waals surface area (Å²) < 4.78 is 22.5. The summed E-state index contributed by atoms with van der Waals surface area (Å²) in [5, 5.41) is 38.8. The Morgan fingerprint density at radius 3 is 1.33 bits per heavy atom. The predicted molar refractivity (Wildman–Crippen MR) is 381 cm³/mol. The Kier molecular flexibility index (Phi) is 32.1. The largest absolute Gasteiger partial charge is 0.393 e. The van der Waals surface area contributed by atoms with E-state index in [2.05, 4.69) is 80.4 Å². The van der Waals surface area contributed by atoms with Crippen molar-refractivity contribution in [3.8, 4) is 0 Å². The molecule has 8 N–H and O–H groups in total. The number of nitrogens with one attached hydrogen (secondary N) is 6. The van der Waals surface area contributed by atoms with Crippen molar-refractivity contribution in [1.82, 2.24) is 31.9 Å². The maximum Gasteiger partial charge on any atom is 0.245 e. The standard InChI is InChI=1S/C79H138N6O12/c1-8-9-10-11-12-14-39-80-73(91)52-59(17-13-15-40-81-74(92)53-96-48-46-94-44-42-83-70(88)29-19-55(2)64-25-27-66-62-23-21-57-50-60(86)31-35-76(57,4)68(62)33-37-78(64,66)6)85-72(90)18-16-41-82-75(93)54-97-49-47-95-45-43-84-71(89)30-20-56(3)65-26-28-67-63-24-22-58-51-61(87)32-36-77(58,5)69(63)34-38-79(65,67)7/h55-69,86-87H,8-54H2,1-7H3,(H,80,91)(H,81,92)(H,82,93)(H,83,88)(H,84,89)(H,85,90)/t55?,56?,57?,58?,59-,60+,61+,62?,63?,64+,65+,66?,67?,68?,69?,76-,77-,78+,79+/m0/s1. The minimum Gasteiger partial charge on any atom is -0.393 e. The molecule has 97 heavy (non-hydrogen) atoms. The van der Waals surface area contributed by atoms with Gasteiger partial charge in [0.2, 0.25) is 35.4 Å². The second-order valence-corrected chi connectivity index (χ2v) is 33.6. The Labute approximate surface area is 585 Å². The van der Waals surface area contributed by atoms with Gasteiger partial charge in [0.05, 0.1) is 51.8 Å². The summed E-state index contributed by atoms with van der Waals surface area (Å²) in [6, 6.07) is -0.372. The molecule has 0 aliphatic heterocycles. The van der Waals surface area contributed by atoms with Crippen LogP contribution in [0, 0.1) is 92.7 Å². The third-order valence-electron chi connectivity index (χ3n) is 27.7. The lowest BCUT2D eigenvalue weighted by atomic mass is 9.44. The van der Waals surface area contributed by atoms with E-state index in [1.54, 1.807) is 0 Å². The third-order valence-corrected chi connectivity index (χ3v) is 27.7. The van der Waals surface area contributed by atoms with Gasteiger partial charge in [0.25, 0.3) is 0 Å². The maximum absolute atomic E-state index is 13.1. The predicted octanol–water partition coefficient (Wildman–Crippen LogP) is 11.7. The van der Waals surface area contributed by atoms with Crippen LogP contribution in [0.25, 0.3) is 0 Å². The summed E-state index contributed by atoms with van der Waals surface area (Å²) in [6.07, 6.45) is 34.1. The molecule has 18 heteroatoms. The summed E-state index contributed by atoms with van der Waals surface area (Å²) in [4.78, 5) is 77.1. The van der Waals surface area contributed by atoms with Gasteiger partial charge in [-0.1, -0.05) is 80.6 Å². The number of rotatable bonds is 43. The number of unbranched alkanes of at least 4 members (excludes halogenated alkanes) is 6. The molecule has 0 heterocycles. The fraction of sp³-hybridized carbons (Fsp3) is 0.924. The van der Waals surface area contributed by atoms with Gasteiger partial charge in [-0.25, -0.2) is 0 Å². The summed E-state index contributed by atoms with van der Waals surface area (Å²) in [5.74, 6) is 7.85. The van der Waals surface area contributed by atoms with E-state index in [1.807, 2.05) is 0 Å². The fourth-order valence-corrected chi connectivity index (χ4v) is 22.3. The molecule has 8 aliphatic rings. The van der Waals surface area contributed by atoms with E-state index in [0.717, 1.165) is 93.3 Å². The highest BCUT2D eigenvalue weighted by molar-refractivity contribution is 5.80. The average molecular weight is 1360 g/mol. The zero-order valence-electron chi connectivity index (χ0n) is 61.9. The quantitative estimate of drug-likeness (QED) is 0.0266. The van der Waals surface area contributed by atoms with E-state index >= 15 is 0 Å². The van der Waals surface area contributed by atoms with Gasteiger partial charge in [-0.05, 0) is 253 Å². The average Bonchev–Trinajstić information content (AvgIpc) is 1.71. The van der Waals surface area contributed by atoms with Crippen LogP contribution in [0.4, 0.5) is 0 Å². The Morgan fingerprint density at radius 2 is 0.825 bits per heavy atom. The zero-order valence-corrected chi connectivity index (χ0v) is 61.9. The lowest BCUT2D eigenvalue weighted by Crippen LogP contribution is -2.54. The van der Waals surface area contributed by atoms with E-state index in [4.69, 9.17) is 18.9 Å². The fourth-order valence-electron chi connectivity index (χ4n) is 22.3. The zero-order chi connectivity index (χ0) is 69.4. The minimum absolute atomic E-state index is 0.0667. The Bertz CT molecular complexity index is 2440. The maximum atomic E-state index is 13.1. The number of fused-ring (bicyclic) bond motifs is 10. The molecule has 10 unspecified atom stereocenters. The van der Waals surface area contributed by atoms with Gasteiger partial charge < -0.3 is 61.1 Å². The molecule has 19 atom stereocenters. The highest BCUT2D eigenvalue weighted by atomic mass is 16.5. The molecule has 8 rings (SSSR count). The van der Waals surface area contributed by atoms with Crippen LogP contribution in [0.15, 0.2) is 0 Å². The molecular weight excluding hydrogens is 1220 g/mol. The van der Waals surface area contributed by atoms with Crippen molar-refractivity contribution in [2.75, 3.05) is 85.6 Å². The molecule has 0 aromatic rings. The first kappa shape index (κ1) is 79.3. The first-order valence-corrected chi connectivity index (χ1v) is 40.0. The van der Waals surface area contributed by atoms with E-state index in [-0.39, 0.29) is 93.0 Å². The lowest BCUT2D eigenvalue weighted by Gasteiger charge is -2.61. The van der Waals surface area contributed by atoms with E-state index in [9.17, 15) is 39.0 Å². The molecule has 8 fully saturated rings. The molecular formula is C79H138N6O12. The van der Waals surface area contributed by atoms with Crippen molar-refractivity contribution in [2.45, 2.75) is 285 Å². The summed E-state index contributed by atoms with van der Waals surface area (Å²) in [5.41, 5.74) is 1.51. The van der Waals surface area contributed by atoms with Gasteiger partial charge in [-0.15, -0.1) is 0 Å². The van der Waals surface area contributed by atoms with Crippen molar-refractivity contribution in [2.24, 2.45) is 92.7 Å². The van der Waals surface area contributed by atoms with Crippen molar-refractivity contribution in [1.29, 1.82) is 0 Å². The van der Waals surface area contributed by atoms with Crippen molar-refractivity contribution in [3.05, 3.63) is 0 Å². The number of carbonyl (C=O) groups excluding carboxylic acids is 6. The number of hydrogen-bond donors (Lipinski definition) is 8. The molecule has 0 spiro atoms. The second kappa shape index (κ2) is 39.3.